The molecule has 0 aromatic heterocycles. The summed E-state index contributed by atoms with van der Waals surface area (Å²) >= 11 is 6.08. The molecule has 0 radical (unpaired) electrons. The number of hydrogen-bond donors (Lipinski definition) is 2. The van der Waals surface area contributed by atoms with Gasteiger partial charge in [-0.25, -0.2) is 13.1 Å². The summed E-state index contributed by atoms with van der Waals surface area (Å²) in [4.78, 5) is 0.175. The van der Waals surface area contributed by atoms with Gasteiger partial charge < -0.3 is 5.32 Å². The number of halogens is 1. The molecule has 0 bridgehead atoms. The first kappa shape index (κ1) is 16.7. The highest BCUT2D eigenvalue weighted by molar-refractivity contribution is 7.89. The molecular weight excluding hydrogens is 308 g/mol. The summed E-state index contributed by atoms with van der Waals surface area (Å²) in [5.41, 5.74) is 0.913. The van der Waals surface area contributed by atoms with E-state index in [1.807, 2.05) is 19.9 Å². The summed E-state index contributed by atoms with van der Waals surface area (Å²) in [5.74, 6) is 0.462. The van der Waals surface area contributed by atoms with E-state index < -0.39 is 10.0 Å². The van der Waals surface area contributed by atoms with Crippen LogP contribution in [0.1, 0.15) is 39.2 Å². The zero-order valence-corrected chi connectivity index (χ0v) is 14.3. The van der Waals surface area contributed by atoms with Crippen molar-refractivity contribution in [3.8, 4) is 0 Å². The molecule has 6 heteroatoms. The summed E-state index contributed by atoms with van der Waals surface area (Å²) in [6, 6.07) is 5.56. The third-order valence-electron chi connectivity index (χ3n) is 3.75. The summed E-state index contributed by atoms with van der Waals surface area (Å²) in [5, 5.41) is 3.54. The maximum absolute atomic E-state index is 12.4. The highest BCUT2D eigenvalue weighted by Crippen LogP contribution is 2.35. The van der Waals surface area contributed by atoms with Gasteiger partial charge in [0.05, 0.1) is 5.02 Å². The molecule has 1 fully saturated rings. The highest BCUT2D eigenvalue weighted by Gasteiger charge is 2.39. The molecule has 21 heavy (non-hydrogen) atoms. The zero-order valence-electron chi connectivity index (χ0n) is 12.7. The molecular formula is C15H23ClN2O2S. The second-order valence-electron chi connectivity index (χ2n) is 5.93. The summed E-state index contributed by atoms with van der Waals surface area (Å²) in [7, 11) is -3.54. The number of nitrogens with one attached hydrogen (secondary N) is 2. The average molecular weight is 331 g/mol. The third-order valence-corrected chi connectivity index (χ3v) is 5.72. The lowest BCUT2D eigenvalue weighted by atomic mass is 10.2. The minimum Gasteiger partial charge on any atom is -0.310 e. The van der Waals surface area contributed by atoms with E-state index in [9.17, 15) is 8.42 Å². The van der Waals surface area contributed by atoms with Crippen LogP contribution in [0, 0.1) is 5.92 Å². The Bertz CT molecular complexity index is 602. The molecule has 1 aliphatic carbocycles. The quantitative estimate of drug-likeness (QED) is 0.808. The molecule has 4 nitrogen and oxygen atoms in total. The maximum Gasteiger partial charge on any atom is 0.242 e. The van der Waals surface area contributed by atoms with Crippen LogP contribution in [0.2, 0.25) is 5.02 Å². The number of benzene rings is 1. The first-order valence-electron chi connectivity index (χ1n) is 7.37. The van der Waals surface area contributed by atoms with Crippen LogP contribution < -0.4 is 10.0 Å². The molecule has 1 aromatic rings. The van der Waals surface area contributed by atoms with Crippen LogP contribution in [0.5, 0.6) is 0 Å². The van der Waals surface area contributed by atoms with Crippen molar-refractivity contribution in [1.82, 2.24) is 10.0 Å². The van der Waals surface area contributed by atoms with Gasteiger partial charge in [0.25, 0.3) is 0 Å². The zero-order chi connectivity index (χ0) is 15.6. The van der Waals surface area contributed by atoms with Gasteiger partial charge in [0.15, 0.2) is 0 Å². The fourth-order valence-corrected chi connectivity index (χ4v) is 4.16. The molecule has 0 heterocycles. The largest absolute Gasteiger partial charge is 0.310 e. The lowest BCUT2D eigenvalue weighted by molar-refractivity contribution is 0.574. The van der Waals surface area contributed by atoms with E-state index in [4.69, 9.17) is 11.6 Å². The highest BCUT2D eigenvalue weighted by atomic mass is 35.5. The Balaban J connectivity index is 2.15. The standard InChI is InChI=1S/C15H23ClN2O2S/c1-4-12-8-14(12)18-21(19,20)15-7-11(5-6-13(15)16)9-17-10(2)3/h5-7,10,12,14,17-18H,4,8-9H2,1-3H3. The smallest absolute Gasteiger partial charge is 0.242 e. The average Bonchev–Trinajstić information content (AvgIpc) is 3.15. The fourth-order valence-electron chi connectivity index (χ4n) is 2.29. The monoisotopic (exact) mass is 330 g/mol. The predicted octanol–water partition coefficient (Wildman–Crippen LogP) is 2.91. The lowest BCUT2D eigenvalue weighted by Crippen LogP contribution is -2.27. The van der Waals surface area contributed by atoms with E-state index in [2.05, 4.69) is 17.0 Å². The van der Waals surface area contributed by atoms with Gasteiger partial charge in [-0.1, -0.05) is 44.9 Å². The first-order chi connectivity index (χ1) is 9.83. The second-order valence-corrected chi connectivity index (χ2v) is 8.02. The van der Waals surface area contributed by atoms with E-state index in [1.54, 1.807) is 12.1 Å². The maximum atomic E-state index is 12.4. The van der Waals surface area contributed by atoms with Crippen LogP contribution in [-0.2, 0) is 16.6 Å². The van der Waals surface area contributed by atoms with Crippen molar-refractivity contribution in [3.05, 3.63) is 28.8 Å². The third kappa shape index (κ3) is 4.42. The van der Waals surface area contributed by atoms with E-state index in [0.29, 0.717) is 18.5 Å². The lowest BCUT2D eigenvalue weighted by Gasteiger charge is -2.12. The molecule has 0 aliphatic heterocycles. The van der Waals surface area contributed by atoms with Gasteiger partial charge >= 0.3 is 0 Å². The molecule has 2 unspecified atom stereocenters. The molecule has 2 atom stereocenters. The summed E-state index contributed by atoms with van der Waals surface area (Å²) in [6.07, 6.45) is 1.92. The predicted molar refractivity (Wildman–Crippen MR) is 85.9 cm³/mol. The Labute approximate surface area is 132 Å². The van der Waals surface area contributed by atoms with Crippen molar-refractivity contribution in [1.29, 1.82) is 0 Å². The van der Waals surface area contributed by atoms with Gasteiger partial charge in [0, 0.05) is 18.6 Å². The van der Waals surface area contributed by atoms with Crippen LogP contribution in [0.4, 0.5) is 0 Å². The van der Waals surface area contributed by atoms with E-state index in [0.717, 1.165) is 18.4 Å². The van der Waals surface area contributed by atoms with E-state index in [1.165, 1.54) is 0 Å². The van der Waals surface area contributed by atoms with Crippen molar-refractivity contribution in [2.24, 2.45) is 5.92 Å². The Kier molecular flexibility index (Phi) is 5.30. The fraction of sp³-hybridized carbons (Fsp3) is 0.600. The van der Waals surface area contributed by atoms with Crippen LogP contribution >= 0.6 is 11.6 Å². The van der Waals surface area contributed by atoms with Crippen LogP contribution in [0.3, 0.4) is 0 Å². The van der Waals surface area contributed by atoms with Gasteiger partial charge in [0.2, 0.25) is 10.0 Å². The van der Waals surface area contributed by atoms with Crippen LogP contribution in [0.15, 0.2) is 23.1 Å². The van der Waals surface area contributed by atoms with Crippen molar-refractivity contribution in [2.45, 2.75) is 57.1 Å². The summed E-state index contributed by atoms with van der Waals surface area (Å²) in [6.45, 7) is 6.79. The van der Waals surface area contributed by atoms with Crippen molar-refractivity contribution >= 4 is 21.6 Å². The SMILES string of the molecule is CCC1CC1NS(=O)(=O)c1cc(CNC(C)C)ccc1Cl. The van der Waals surface area contributed by atoms with E-state index in [-0.39, 0.29) is 16.0 Å². The van der Waals surface area contributed by atoms with Gasteiger partial charge in [-0.15, -0.1) is 0 Å². The van der Waals surface area contributed by atoms with Crippen molar-refractivity contribution in [2.75, 3.05) is 0 Å². The van der Waals surface area contributed by atoms with Gasteiger partial charge in [-0.05, 0) is 30.0 Å². The normalized spacial score (nSPS) is 21.8. The van der Waals surface area contributed by atoms with Crippen molar-refractivity contribution in [3.63, 3.8) is 0 Å². The number of hydrogen-bond acceptors (Lipinski definition) is 3. The number of rotatable bonds is 7. The van der Waals surface area contributed by atoms with Crippen LogP contribution in [0.25, 0.3) is 0 Å². The molecule has 1 saturated carbocycles. The second kappa shape index (κ2) is 6.65. The molecule has 2 N–H and O–H groups in total. The molecule has 118 valence electrons. The van der Waals surface area contributed by atoms with Gasteiger partial charge in [-0.2, -0.15) is 0 Å². The van der Waals surface area contributed by atoms with Gasteiger partial charge in [-0.3, -0.25) is 0 Å². The Morgan fingerprint density at radius 2 is 2.10 bits per heavy atom. The molecule has 1 aromatic carbocycles. The molecule has 0 amide bonds. The molecule has 1 aliphatic rings. The minimum absolute atomic E-state index is 0.0634. The van der Waals surface area contributed by atoms with E-state index >= 15 is 0 Å². The number of sulfonamides is 1. The van der Waals surface area contributed by atoms with Crippen molar-refractivity contribution < 1.29 is 8.42 Å². The molecule has 2 rings (SSSR count). The minimum atomic E-state index is -3.54. The van der Waals surface area contributed by atoms with Gasteiger partial charge in [0.1, 0.15) is 4.90 Å². The summed E-state index contributed by atoms with van der Waals surface area (Å²) < 4.78 is 27.6. The Morgan fingerprint density at radius 3 is 2.67 bits per heavy atom. The Hall–Kier alpha value is -0.620. The molecule has 0 spiro atoms. The van der Waals surface area contributed by atoms with Crippen LogP contribution in [-0.4, -0.2) is 20.5 Å². The Morgan fingerprint density at radius 1 is 1.38 bits per heavy atom. The first-order valence-corrected chi connectivity index (χ1v) is 9.23. The topological polar surface area (TPSA) is 58.2 Å². The molecule has 0 saturated heterocycles.